The van der Waals surface area contributed by atoms with Gasteiger partial charge in [-0.2, -0.15) is 0 Å². The monoisotopic (exact) mass is 271 g/mol. The van der Waals surface area contributed by atoms with E-state index in [0.29, 0.717) is 23.8 Å². The minimum absolute atomic E-state index is 0.307. The fraction of sp³-hybridized carbons (Fsp3) is 0.611. The minimum Gasteiger partial charge on any atom is -0.353 e. The van der Waals surface area contributed by atoms with Crippen molar-refractivity contribution in [3.05, 3.63) is 35.9 Å². The van der Waals surface area contributed by atoms with Crippen LogP contribution in [0.5, 0.6) is 0 Å². The van der Waals surface area contributed by atoms with Gasteiger partial charge in [-0.05, 0) is 50.0 Å². The van der Waals surface area contributed by atoms with Crippen LogP contribution < -0.4 is 5.32 Å². The molecule has 2 fully saturated rings. The van der Waals surface area contributed by atoms with Crippen LogP contribution in [0.1, 0.15) is 62.8 Å². The summed E-state index contributed by atoms with van der Waals surface area (Å²) in [4.78, 5) is 12.2. The van der Waals surface area contributed by atoms with E-state index < -0.39 is 0 Å². The van der Waals surface area contributed by atoms with Gasteiger partial charge in [0.05, 0.1) is 0 Å². The Morgan fingerprint density at radius 2 is 1.55 bits per heavy atom. The molecule has 0 atom stereocenters. The van der Waals surface area contributed by atoms with Crippen molar-refractivity contribution in [3.63, 3.8) is 0 Å². The molecule has 108 valence electrons. The Morgan fingerprint density at radius 1 is 0.900 bits per heavy atom. The highest BCUT2D eigenvalue weighted by atomic mass is 16.1. The van der Waals surface area contributed by atoms with E-state index in [1.165, 1.54) is 31.2 Å². The first kappa shape index (κ1) is 13.7. The summed E-state index contributed by atoms with van der Waals surface area (Å²) >= 11 is 0. The van der Waals surface area contributed by atoms with Crippen molar-refractivity contribution >= 4 is 5.91 Å². The van der Waals surface area contributed by atoms with Crippen molar-refractivity contribution in [1.29, 1.82) is 0 Å². The van der Waals surface area contributed by atoms with Gasteiger partial charge in [-0.3, -0.25) is 4.79 Å². The Kier molecular flexibility index (Phi) is 4.39. The van der Waals surface area contributed by atoms with Crippen molar-refractivity contribution in [2.45, 2.75) is 63.3 Å². The molecule has 0 bridgehead atoms. The highest BCUT2D eigenvalue weighted by molar-refractivity contribution is 5.79. The molecule has 2 aliphatic carbocycles. The molecule has 3 rings (SSSR count). The van der Waals surface area contributed by atoms with Crippen LogP contribution >= 0.6 is 0 Å². The maximum Gasteiger partial charge on any atom is 0.223 e. The van der Waals surface area contributed by atoms with E-state index in [9.17, 15) is 4.79 Å². The average Bonchev–Trinajstić information content (AvgIpc) is 3.03. The van der Waals surface area contributed by atoms with Crippen LogP contribution in [0.2, 0.25) is 0 Å². The third kappa shape index (κ3) is 3.23. The zero-order chi connectivity index (χ0) is 13.8. The normalized spacial score (nSPS) is 27.4. The van der Waals surface area contributed by atoms with E-state index in [2.05, 4.69) is 35.6 Å². The molecule has 0 aromatic heterocycles. The fourth-order valence-corrected chi connectivity index (χ4v) is 3.80. The molecule has 0 radical (unpaired) electrons. The van der Waals surface area contributed by atoms with Gasteiger partial charge in [0, 0.05) is 12.0 Å². The second kappa shape index (κ2) is 6.43. The van der Waals surface area contributed by atoms with Crippen LogP contribution in [0, 0.1) is 5.92 Å². The Morgan fingerprint density at radius 3 is 2.20 bits per heavy atom. The summed E-state index contributed by atoms with van der Waals surface area (Å²) in [5, 5.41) is 3.29. The predicted molar refractivity (Wildman–Crippen MR) is 81.5 cm³/mol. The summed E-state index contributed by atoms with van der Waals surface area (Å²) in [7, 11) is 0. The van der Waals surface area contributed by atoms with E-state index >= 15 is 0 Å². The molecule has 2 heteroatoms. The van der Waals surface area contributed by atoms with Gasteiger partial charge in [0.2, 0.25) is 5.91 Å². The summed E-state index contributed by atoms with van der Waals surface area (Å²) in [6.07, 6.45) is 9.36. The van der Waals surface area contributed by atoms with Gasteiger partial charge in [-0.25, -0.2) is 0 Å². The third-order valence-electron chi connectivity index (χ3n) is 5.07. The molecule has 1 amide bonds. The highest BCUT2D eigenvalue weighted by Crippen LogP contribution is 2.33. The van der Waals surface area contributed by atoms with Crippen molar-refractivity contribution in [2.75, 3.05) is 0 Å². The van der Waals surface area contributed by atoms with Gasteiger partial charge >= 0.3 is 0 Å². The first-order valence-corrected chi connectivity index (χ1v) is 8.18. The smallest absolute Gasteiger partial charge is 0.223 e. The molecule has 2 saturated carbocycles. The van der Waals surface area contributed by atoms with Crippen LogP contribution in [0.4, 0.5) is 0 Å². The molecule has 2 aliphatic rings. The summed E-state index contributed by atoms with van der Waals surface area (Å²) in [5.74, 6) is 1.32. The number of rotatable bonds is 3. The van der Waals surface area contributed by atoms with Crippen LogP contribution in [0.25, 0.3) is 0 Å². The van der Waals surface area contributed by atoms with Crippen LogP contribution in [0.3, 0.4) is 0 Å². The number of nitrogens with one attached hydrogen (secondary N) is 1. The van der Waals surface area contributed by atoms with Gasteiger partial charge in [-0.15, -0.1) is 0 Å². The highest BCUT2D eigenvalue weighted by Gasteiger charge is 2.27. The number of amides is 1. The topological polar surface area (TPSA) is 29.1 Å². The zero-order valence-corrected chi connectivity index (χ0v) is 12.2. The van der Waals surface area contributed by atoms with Gasteiger partial charge in [-0.1, -0.05) is 43.2 Å². The first-order chi connectivity index (χ1) is 9.83. The fourth-order valence-electron chi connectivity index (χ4n) is 3.80. The number of hydrogen-bond donors (Lipinski definition) is 1. The SMILES string of the molecule is O=C(NC1CCC(c2ccccc2)CC1)C1CCCC1. The molecule has 0 unspecified atom stereocenters. The number of benzene rings is 1. The zero-order valence-electron chi connectivity index (χ0n) is 12.2. The Balaban J connectivity index is 1.47. The summed E-state index contributed by atoms with van der Waals surface area (Å²) in [5.41, 5.74) is 1.47. The maximum absolute atomic E-state index is 12.2. The lowest BCUT2D eigenvalue weighted by atomic mass is 9.81. The predicted octanol–water partition coefficient (Wildman–Crippen LogP) is 4.02. The molecule has 20 heavy (non-hydrogen) atoms. The van der Waals surface area contributed by atoms with Gasteiger partial charge in [0.15, 0.2) is 0 Å². The molecular weight excluding hydrogens is 246 g/mol. The minimum atomic E-state index is 0.307. The molecule has 0 spiro atoms. The van der Waals surface area contributed by atoms with Crippen molar-refractivity contribution in [2.24, 2.45) is 5.92 Å². The lowest BCUT2D eigenvalue weighted by Crippen LogP contribution is -2.40. The average molecular weight is 271 g/mol. The second-order valence-electron chi connectivity index (χ2n) is 6.45. The van der Waals surface area contributed by atoms with Crippen LogP contribution in [0.15, 0.2) is 30.3 Å². The molecule has 1 aromatic carbocycles. The van der Waals surface area contributed by atoms with E-state index in [4.69, 9.17) is 0 Å². The van der Waals surface area contributed by atoms with E-state index in [1.54, 1.807) is 0 Å². The molecule has 1 aromatic rings. The Labute approximate surface area is 122 Å². The third-order valence-corrected chi connectivity index (χ3v) is 5.07. The first-order valence-electron chi connectivity index (χ1n) is 8.18. The maximum atomic E-state index is 12.2. The molecular formula is C18H25NO. The molecule has 1 N–H and O–H groups in total. The lowest BCUT2D eigenvalue weighted by Gasteiger charge is -2.30. The summed E-state index contributed by atoms with van der Waals surface area (Å²) in [6, 6.07) is 11.2. The van der Waals surface area contributed by atoms with Crippen molar-refractivity contribution in [3.8, 4) is 0 Å². The molecule has 0 heterocycles. The standard InChI is InChI=1S/C18H25NO/c20-18(16-8-4-5-9-16)19-17-12-10-15(11-13-17)14-6-2-1-3-7-14/h1-3,6-7,15-17H,4-5,8-13H2,(H,19,20). The van der Waals surface area contributed by atoms with Crippen LogP contribution in [-0.4, -0.2) is 11.9 Å². The Bertz CT molecular complexity index is 428. The van der Waals surface area contributed by atoms with Gasteiger partial charge < -0.3 is 5.32 Å². The molecule has 2 nitrogen and oxygen atoms in total. The Hall–Kier alpha value is -1.31. The lowest BCUT2D eigenvalue weighted by molar-refractivity contribution is -0.125. The van der Waals surface area contributed by atoms with Gasteiger partial charge in [0.1, 0.15) is 0 Å². The van der Waals surface area contributed by atoms with Crippen molar-refractivity contribution < 1.29 is 4.79 Å². The number of carbonyl (C=O) groups is 1. The summed E-state index contributed by atoms with van der Waals surface area (Å²) in [6.45, 7) is 0. The second-order valence-corrected chi connectivity index (χ2v) is 6.45. The van der Waals surface area contributed by atoms with Crippen molar-refractivity contribution in [1.82, 2.24) is 5.32 Å². The largest absolute Gasteiger partial charge is 0.353 e. The number of hydrogen-bond acceptors (Lipinski definition) is 1. The van der Waals surface area contributed by atoms with E-state index in [1.807, 2.05) is 0 Å². The van der Waals surface area contributed by atoms with E-state index in [0.717, 1.165) is 25.7 Å². The molecule has 0 aliphatic heterocycles. The quantitative estimate of drug-likeness (QED) is 0.884. The molecule has 0 saturated heterocycles. The van der Waals surface area contributed by atoms with Crippen LogP contribution in [-0.2, 0) is 4.79 Å². The van der Waals surface area contributed by atoms with E-state index in [-0.39, 0.29) is 0 Å². The van der Waals surface area contributed by atoms with Gasteiger partial charge in [0.25, 0.3) is 0 Å². The number of carbonyl (C=O) groups excluding carboxylic acids is 1. The summed E-state index contributed by atoms with van der Waals surface area (Å²) < 4.78 is 0.